The second-order valence-corrected chi connectivity index (χ2v) is 7.32. The van der Waals surface area contributed by atoms with Crippen LogP contribution < -0.4 is 11.1 Å². The van der Waals surface area contributed by atoms with E-state index in [1.165, 1.54) is 11.3 Å². The largest absolute Gasteiger partial charge is 0.393 e. The molecular weight excluding hydrogens is 366 g/mol. The van der Waals surface area contributed by atoms with Crippen LogP contribution in [0.3, 0.4) is 0 Å². The number of carbonyl (C=O) groups is 1. The smallest absolute Gasteiger partial charge is 0.269 e. The molecule has 0 aliphatic rings. The molecule has 2 atom stereocenters. The average molecular weight is 387 g/mol. The summed E-state index contributed by atoms with van der Waals surface area (Å²) in [5, 5.41) is 12.8. The molecule has 0 fully saturated rings. The predicted octanol–water partition coefficient (Wildman–Crippen LogP) is 1.91. The van der Waals surface area contributed by atoms with Crippen molar-refractivity contribution in [1.29, 1.82) is 0 Å². The first-order valence-corrected chi connectivity index (χ1v) is 9.23. The highest BCUT2D eigenvalue weighted by Crippen LogP contribution is 2.29. The average Bonchev–Trinajstić information content (AvgIpc) is 3.02. The van der Waals surface area contributed by atoms with Crippen LogP contribution in [0.4, 0.5) is 5.95 Å². The fourth-order valence-electron chi connectivity index (χ4n) is 2.73. The van der Waals surface area contributed by atoms with Crippen LogP contribution in [0.2, 0.25) is 0 Å². The van der Waals surface area contributed by atoms with Crippen molar-refractivity contribution in [1.82, 2.24) is 15.0 Å². The lowest BCUT2D eigenvalue weighted by Crippen LogP contribution is -2.20. The second-order valence-electron chi connectivity index (χ2n) is 6.18. The lowest BCUT2D eigenvalue weighted by molar-refractivity contribution is 0.0997. The molecule has 142 valence electrons. The number of methoxy groups -OCH3 is 1. The van der Waals surface area contributed by atoms with Crippen molar-refractivity contribution >= 4 is 33.4 Å². The maximum Gasteiger partial charge on any atom is 0.269 e. The number of anilines is 1. The molecule has 3 aromatic heterocycles. The molecule has 1 amide bonds. The number of fused-ring (bicyclic) bond motifs is 1. The van der Waals surface area contributed by atoms with E-state index in [9.17, 15) is 9.90 Å². The van der Waals surface area contributed by atoms with Gasteiger partial charge in [0.05, 0.1) is 29.0 Å². The molecule has 27 heavy (non-hydrogen) atoms. The Balaban J connectivity index is 1.99. The van der Waals surface area contributed by atoms with Gasteiger partial charge >= 0.3 is 0 Å². The van der Waals surface area contributed by atoms with Gasteiger partial charge in [-0.05, 0) is 24.6 Å². The zero-order valence-electron chi connectivity index (χ0n) is 15.0. The molecule has 0 spiro atoms. The van der Waals surface area contributed by atoms with E-state index in [4.69, 9.17) is 10.5 Å². The highest BCUT2D eigenvalue weighted by molar-refractivity contribution is 7.19. The minimum atomic E-state index is -0.624. The molecule has 0 aliphatic heterocycles. The van der Waals surface area contributed by atoms with Gasteiger partial charge in [0.15, 0.2) is 5.69 Å². The summed E-state index contributed by atoms with van der Waals surface area (Å²) in [6.07, 6.45) is 3.41. The van der Waals surface area contributed by atoms with Crippen molar-refractivity contribution in [3.8, 4) is 0 Å². The second kappa shape index (κ2) is 8.38. The van der Waals surface area contributed by atoms with Crippen molar-refractivity contribution in [2.24, 2.45) is 5.73 Å². The lowest BCUT2D eigenvalue weighted by Gasteiger charge is -2.18. The van der Waals surface area contributed by atoms with E-state index < -0.39 is 12.0 Å². The van der Waals surface area contributed by atoms with Crippen LogP contribution >= 0.6 is 11.3 Å². The molecule has 3 rings (SSSR count). The van der Waals surface area contributed by atoms with Crippen molar-refractivity contribution in [3.05, 3.63) is 46.7 Å². The Labute approximate surface area is 160 Å². The first-order chi connectivity index (χ1) is 13.0. The molecule has 3 aromatic rings. The van der Waals surface area contributed by atoms with Crippen LogP contribution in [-0.2, 0) is 11.2 Å². The number of primary amides is 1. The maximum atomic E-state index is 11.9. The quantitative estimate of drug-likeness (QED) is 0.539. The number of carbonyl (C=O) groups excluding carboxylic acids is 1. The molecule has 0 bridgehead atoms. The van der Waals surface area contributed by atoms with Crippen molar-refractivity contribution in [3.63, 3.8) is 0 Å². The number of nitrogens with two attached hydrogens (primary N) is 1. The van der Waals surface area contributed by atoms with Crippen LogP contribution in [-0.4, -0.2) is 45.8 Å². The number of aliphatic hydroxyl groups is 1. The molecular formula is C18H21N5O3S. The standard InChI is InChI=1S/C18H21N5O3S/c1-10(24)6-12-7-13-16(27-12)15(17(19)25)23-18(21-13)22-14(9-26-2)11-4-3-5-20-8-11/h3-5,7-8,10,14,24H,6,9H2,1-2H3,(H2,19,25)(H,21,22,23)/t10-,14-/m1/s1. The van der Waals surface area contributed by atoms with E-state index in [0.717, 1.165) is 10.4 Å². The topological polar surface area (TPSA) is 123 Å². The Morgan fingerprint density at radius 2 is 2.26 bits per heavy atom. The zero-order valence-corrected chi connectivity index (χ0v) is 15.9. The summed E-state index contributed by atoms with van der Waals surface area (Å²) in [5.41, 5.74) is 7.21. The molecule has 4 N–H and O–H groups in total. The Bertz CT molecular complexity index is 929. The summed E-state index contributed by atoms with van der Waals surface area (Å²) in [6, 6.07) is 5.36. The van der Waals surface area contributed by atoms with Gasteiger partial charge in [-0.3, -0.25) is 9.78 Å². The third-order valence-electron chi connectivity index (χ3n) is 3.88. The molecule has 0 aromatic carbocycles. The molecule has 0 saturated carbocycles. The number of nitrogens with zero attached hydrogens (tertiary/aromatic N) is 3. The van der Waals surface area contributed by atoms with Gasteiger partial charge in [0, 0.05) is 30.8 Å². The number of ether oxygens (including phenoxy) is 1. The van der Waals surface area contributed by atoms with Gasteiger partial charge in [-0.1, -0.05) is 6.07 Å². The Hall–Kier alpha value is -2.62. The van der Waals surface area contributed by atoms with E-state index in [1.54, 1.807) is 26.4 Å². The highest BCUT2D eigenvalue weighted by atomic mass is 32.1. The monoisotopic (exact) mass is 387 g/mol. The van der Waals surface area contributed by atoms with Gasteiger partial charge in [0.2, 0.25) is 5.95 Å². The summed E-state index contributed by atoms with van der Waals surface area (Å²) in [6.45, 7) is 2.08. The van der Waals surface area contributed by atoms with Crippen molar-refractivity contribution in [2.75, 3.05) is 19.0 Å². The lowest BCUT2D eigenvalue weighted by atomic mass is 10.1. The fourth-order valence-corrected chi connectivity index (χ4v) is 3.94. The molecule has 3 heterocycles. The van der Waals surface area contributed by atoms with E-state index in [1.807, 2.05) is 18.2 Å². The first-order valence-electron chi connectivity index (χ1n) is 8.41. The number of pyridine rings is 1. The Morgan fingerprint density at radius 1 is 1.44 bits per heavy atom. The number of aliphatic hydroxyl groups excluding tert-OH is 1. The molecule has 8 nitrogen and oxygen atoms in total. The van der Waals surface area contributed by atoms with E-state index in [-0.39, 0.29) is 17.7 Å². The van der Waals surface area contributed by atoms with Crippen LogP contribution in [0, 0.1) is 0 Å². The van der Waals surface area contributed by atoms with Crippen LogP contribution in [0.25, 0.3) is 10.2 Å². The summed E-state index contributed by atoms with van der Waals surface area (Å²) in [4.78, 5) is 25.8. The zero-order chi connectivity index (χ0) is 19.4. The first kappa shape index (κ1) is 19.2. The molecule has 9 heteroatoms. The minimum absolute atomic E-state index is 0.159. The van der Waals surface area contributed by atoms with E-state index in [2.05, 4.69) is 20.3 Å². The van der Waals surface area contributed by atoms with Gasteiger partial charge < -0.3 is 20.9 Å². The summed E-state index contributed by atoms with van der Waals surface area (Å²) in [5.74, 6) is -0.343. The van der Waals surface area contributed by atoms with Gasteiger partial charge in [0.1, 0.15) is 0 Å². The normalized spacial score (nSPS) is 13.4. The predicted molar refractivity (Wildman–Crippen MR) is 104 cm³/mol. The number of rotatable bonds is 8. The number of aromatic nitrogens is 3. The maximum absolute atomic E-state index is 11.9. The third kappa shape index (κ3) is 4.57. The number of hydrogen-bond acceptors (Lipinski definition) is 8. The van der Waals surface area contributed by atoms with E-state index in [0.29, 0.717) is 23.2 Å². The minimum Gasteiger partial charge on any atom is -0.393 e. The SMILES string of the molecule is COC[C@@H](Nc1nc(C(N)=O)c2sc(C[C@@H](C)O)cc2n1)c1cccnc1. The highest BCUT2D eigenvalue weighted by Gasteiger charge is 2.19. The van der Waals surface area contributed by atoms with Gasteiger partial charge in [-0.25, -0.2) is 9.97 Å². The summed E-state index contributed by atoms with van der Waals surface area (Å²) < 4.78 is 5.90. The molecule has 0 aliphatic carbocycles. The Kier molecular flexibility index (Phi) is 5.94. The van der Waals surface area contributed by atoms with Gasteiger partial charge in [-0.15, -0.1) is 11.3 Å². The molecule has 0 saturated heterocycles. The molecule has 0 radical (unpaired) electrons. The number of amides is 1. The van der Waals surface area contributed by atoms with Crippen LogP contribution in [0.15, 0.2) is 30.6 Å². The van der Waals surface area contributed by atoms with E-state index >= 15 is 0 Å². The molecule has 0 unspecified atom stereocenters. The van der Waals surface area contributed by atoms with Crippen LogP contribution in [0.1, 0.15) is 33.9 Å². The van der Waals surface area contributed by atoms with Gasteiger partial charge in [-0.2, -0.15) is 0 Å². The van der Waals surface area contributed by atoms with Crippen LogP contribution in [0.5, 0.6) is 0 Å². The third-order valence-corrected chi connectivity index (χ3v) is 5.03. The van der Waals surface area contributed by atoms with Crippen molar-refractivity contribution in [2.45, 2.75) is 25.5 Å². The number of nitrogens with one attached hydrogen (secondary N) is 1. The van der Waals surface area contributed by atoms with Crippen molar-refractivity contribution < 1.29 is 14.6 Å². The number of thiophene rings is 1. The summed E-state index contributed by atoms with van der Waals surface area (Å²) >= 11 is 1.37. The van der Waals surface area contributed by atoms with Gasteiger partial charge in [0.25, 0.3) is 5.91 Å². The Morgan fingerprint density at radius 3 is 2.89 bits per heavy atom. The fraction of sp³-hybridized carbons (Fsp3) is 0.333. The summed E-state index contributed by atoms with van der Waals surface area (Å²) in [7, 11) is 1.60. The number of hydrogen-bond donors (Lipinski definition) is 3.